The van der Waals surface area contributed by atoms with Crippen molar-refractivity contribution >= 4 is 38.8 Å². The van der Waals surface area contributed by atoms with Crippen molar-refractivity contribution in [2.45, 2.75) is 19.4 Å². The van der Waals surface area contributed by atoms with E-state index < -0.39 is 40.0 Å². The Hall–Kier alpha value is -4.51. The summed E-state index contributed by atoms with van der Waals surface area (Å²) in [6.07, 6.45) is 4.66. The molecule has 0 spiro atoms. The Balaban J connectivity index is 1.38. The summed E-state index contributed by atoms with van der Waals surface area (Å²) >= 11 is 0. The van der Waals surface area contributed by atoms with Crippen LogP contribution in [0.3, 0.4) is 0 Å². The van der Waals surface area contributed by atoms with Crippen molar-refractivity contribution in [3.05, 3.63) is 88.9 Å². The molecule has 206 valence electrons. The molecule has 1 aliphatic rings. The van der Waals surface area contributed by atoms with Gasteiger partial charge in [0.25, 0.3) is 5.91 Å². The molecule has 0 aliphatic carbocycles. The van der Waals surface area contributed by atoms with Crippen LogP contribution in [0.15, 0.2) is 82.1 Å². The minimum atomic E-state index is -3.16. The van der Waals surface area contributed by atoms with E-state index in [9.17, 15) is 22.8 Å². The van der Waals surface area contributed by atoms with Crippen LogP contribution < -0.4 is 5.63 Å². The molecule has 0 unspecified atom stereocenters. The molecule has 2 aromatic heterocycles. The second-order valence-corrected chi connectivity index (χ2v) is 11.6. The van der Waals surface area contributed by atoms with Crippen LogP contribution in [-0.2, 0) is 24.2 Å². The van der Waals surface area contributed by atoms with Crippen LogP contribution in [-0.4, -0.2) is 65.7 Å². The summed E-state index contributed by atoms with van der Waals surface area (Å²) < 4.78 is 35.9. The summed E-state index contributed by atoms with van der Waals surface area (Å²) in [5.41, 5.74) is 1.61. The quantitative estimate of drug-likeness (QED) is 0.182. The summed E-state index contributed by atoms with van der Waals surface area (Å²) in [6.45, 7) is 1.54. The molecule has 4 aromatic rings. The molecule has 1 aliphatic heterocycles. The van der Waals surface area contributed by atoms with E-state index in [2.05, 4.69) is 5.10 Å². The topological polar surface area (TPSA) is 129 Å². The number of amides is 1. The molecule has 0 N–H and O–H groups in total. The van der Waals surface area contributed by atoms with Gasteiger partial charge in [-0.2, -0.15) is 5.10 Å². The molecule has 5 rings (SSSR count). The Morgan fingerprint density at radius 2 is 1.90 bits per heavy atom. The van der Waals surface area contributed by atoms with E-state index in [0.717, 1.165) is 17.1 Å². The number of para-hydroxylation sites is 2. The lowest BCUT2D eigenvalue weighted by atomic mass is 10.1. The smallest absolute Gasteiger partial charge is 0.345 e. The zero-order chi connectivity index (χ0) is 28.3. The monoisotopic (exact) mass is 561 g/mol. The van der Waals surface area contributed by atoms with Crippen LogP contribution in [0.2, 0.25) is 0 Å². The van der Waals surface area contributed by atoms with Gasteiger partial charge in [0.2, 0.25) is 0 Å². The molecule has 1 fully saturated rings. The number of aromatic nitrogens is 2. The van der Waals surface area contributed by atoms with Crippen molar-refractivity contribution < 1.29 is 27.2 Å². The van der Waals surface area contributed by atoms with Gasteiger partial charge in [0, 0.05) is 35.8 Å². The maximum absolute atomic E-state index is 12.9. The number of likely N-dealkylation sites (N-methyl/N-ethyl adjacent to an activating group) is 1. The van der Waals surface area contributed by atoms with Crippen LogP contribution in [0.4, 0.5) is 0 Å². The van der Waals surface area contributed by atoms with Gasteiger partial charge in [-0.3, -0.25) is 4.79 Å². The zero-order valence-electron chi connectivity index (χ0n) is 21.7. The Morgan fingerprint density at radius 1 is 1.15 bits per heavy atom. The van der Waals surface area contributed by atoms with Crippen LogP contribution in [0.1, 0.15) is 18.9 Å². The summed E-state index contributed by atoms with van der Waals surface area (Å²) in [5.74, 6) is -1.28. The fourth-order valence-corrected chi connectivity index (χ4v) is 6.47. The van der Waals surface area contributed by atoms with Gasteiger partial charge in [-0.05, 0) is 43.7 Å². The van der Waals surface area contributed by atoms with Crippen LogP contribution in [0.25, 0.3) is 34.0 Å². The first-order chi connectivity index (χ1) is 19.2. The summed E-state index contributed by atoms with van der Waals surface area (Å²) in [7, 11) is -3.16. The van der Waals surface area contributed by atoms with Gasteiger partial charge < -0.3 is 14.1 Å². The summed E-state index contributed by atoms with van der Waals surface area (Å²) in [6, 6.07) is 17.7. The lowest BCUT2D eigenvalue weighted by Gasteiger charge is -2.26. The number of hydrogen-bond donors (Lipinski definition) is 0. The van der Waals surface area contributed by atoms with Gasteiger partial charge in [0.15, 0.2) is 16.4 Å². The predicted octanol–water partition coefficient (Wildman–Crippen LogP) is 3.24. The second-order valence-electron chi connectivity index (χ2n) is 9.38. The number of nitrogens with zero attached hydrogens (tertiary/aromatic N) is 3. The summed E-state index contributed by atoms with van der Waals surface area (Å²) in [4.78, 5) is 39.5. The molecular weight excluding hydrogens is 534 g/mol. The minimum absolute atomic E-state index is 0.0402. The number of carbonyl (C=O) groups excluding carboxylic acids is 2. The lowest BCUT2D eigenvalue weighted by Crippen LogP contribution is -2.43. The number of fused-ring (bicyclic) bond motifs is 1. The molecule has 11 heteroatoms. The third-order valence-electron chi connectivity index (χ3n) is 6.71. The number of rotatable bonds is 8. The van der Waals surface area contributed by atoms with Crippen molar-refractivity contribution in [3.8, 4) is 16.9 Å². The van der Waals surface area contributed by atoms with E-state index in [1.165, 1.54) is 11.0 Å². The van der Waals surface area contributed by atoms with Gasteiger partial charge in [0.1, 0.15) is 11.3 Å². The Kier molecular flexibility index (Phi) is 7.65. The van der Waals surface area contributed by atoms with E-state index in [1.54, 1.807) is 36.0 Å². The van der Waals surface area contributed by atoms with Gasteiger partial charge in [-0.15, -0.1) is 0 Å². The average molecular weight is 562 g/mol. The largest absolute Gasteiger partial charge is 0.452 e. The first-order valence-corrected chi connectivity index (χ1v) is 14.6. The molecule has 0 saturated carbocycles. The van der Waals surface area contributed by atoms with Crippen LogP contribution >= 0.6 is 0 Å². The first kappa shape index (κ1) is 27.1. The molecule has 40 heavy (non-hydrogen) atoms. The fraction of sp³-hybridized carbons (Fsp3) is 0.241. The number of carbonyl (C=O) groups is 2. The Labute approximate surface area is 230 Å². The highest BCUT2D eigenvalue weighted by Gasteiger charge is 2.34. The highest BCUT2D eigenvalue weighted by atomic mass is 32.2. The minimum Gasteiger partial charge on any atom is -0.452 e. The number of sulfone groups is 1. The molecule has 1 atom stereocenters. The molecule has 2 aromatic carbocycles. The number of ether oxygens (including phenoxy) is 1. The van der Waals surface area contributed by atoms with Gasteiger partial charge >= 0.3 is 11.6 Å². The SMILES string of the molecule is CCN(C(=O)COC(=O)/C=C/c1cn(-c2ccccc2)nc1-c1cc2ccccc2oc1=O)[C@@H]1CCS(=O)(=O)C1. The normalized spacial score (nSPS) is 16.4. The maximum Gasteiger partial charge on any atom is 0.345 e. The van der Waals surface area contributed by atoms with E-state index in [1.807, 2.05) is 42.5 Å². The molecule has 0 radical (unpaired) electrons. The van der Waals surface area contributed by atoms with Crippen molar-refractivity contribution in [3.63, 3.8) is 0 Å². The number of benzene rings is 2. The molecule has 1 amide bonds. The third-order valence-corrected chi connectivity index (χ3v) is 8.46. The lowest BCUT2D eigenvalue weighted by molar-refractivity contribution is -0.149. The molecule has 3 heterocycles. The van der Waals surface area contributed by atoms with Crippen molar-refractivity contribution in [2.75, 3.05) is 24.7 Å². The van der Waals surface area contributed by atoms with Crippen molar-refractivity contribution in [2.24, 2.45) is 0 Å². The summed E-state index contributed by atoms with van der Waals surface area (Å²) in [5, 5.41) is 5.32. The van der Waals surface area contributed by atoms with Gasteiger partial charge in [-0.25, -0.2) is 22.7 Å². The maximum atomic E-state index is 12.9. The molecule has 10 nitrogen and oxygen atoms in total. The van der Waals surface area contributed by atoms with E-state index >= 15 is 0 Å². The fourth-order valence-electron chi connectivity index (χ4n) is 4.74. The van der Waals surface area contributed by atoms with E-state index in [0.29, 0.717) is 29.8 Å². The third kappa shape index (κ3) is 5.89. The number of esters is 1. The predicted molar refractivity (Wildman–Crippen MR) is 149 cm³/mol. The molecule has 0 bridgehead atoms. The highest BCUT2D eigenvalue weighted by molar-refractivity contribution is 7.91. The first-order valence-electron chi connectivity index (χ1n) is 12.8. The second kappa shape index (κ2) is 11.3. The standard InChI is InChI=1S/C29H27N3O7S/c1-2-31(23-14-15-40(36,37)19-23)26(33)18-38-27(34)13-12-21-17-32(22-9-4-3-5-10-22)30-28(21)24-16-20-8-6-7-11-25(20)39-29(24)35/h3-13,16-17,23H,2,14-15,18-19H2,1H3/b13-12+/t23-/m1/s1. The Morgan fingerprint density at radius 3 is 2.62 bits per heavy atom. The number of hydrogen-bond acceptors (Lipinski definition) is 8. The van der Waals surface area contributed by atoms with Crippen LogP contribution in [0, 0.1) is 0 Å². The van der Waals surface area contributed by atoms with E-state index in [4.69, 9.17) is 9.15 Å². The molecular formula is C29H27N3O7S. The zero-order valence-corrected chi connectivity index (χ0v) is 22.5. The van der Waals surface area contributed by atoms with E-state index in [-0.39, 0.29) is 17.1 Å². The molecule has 1 saturated heterocycles. The van der Waals surface area contributed by atoms with Crippen molar-refractivity contribution in [1.29, 1.82) is 0 Å². The Bertz CT molecular complexity index is 1760. The van der Waals surface area contributed by atoms with Gasteiger partial charge in [0.05, 0.1) is 22.8 Å². The van der Waals surface area contributed by atoms with Crippen molar-refractivity contribution in [1.82, 2.24) is 14.7 Å². The highest BCUT2D eigenvalue weighted by Crippen LogP contribution is 2.25. The van der Waals surface area contributed by atoms with Crippen LogP contribution in [0.5, 0.6) is 0 Å². The van der Waals surface area contributed by atoms with Gasteiger partial charge in [-0.1, -0.05) is 36.4 Å². The average Bonchev–Trinajstić information content (AvgIpc) is 3.54.